The van der Waals surface area contributed by atoms with Crippen LogP contribution in [0.25, 0.3) is 0 Å². The summed E-state index contributed by atoms with van der Waals surface area (Å²) in [5.41, 5.74) is 0.342. The van der Waals surface area contributed by atoms with Gasteiger partial charge >= 0.3 is 0 Å². The highest BCUT2D eigenvalue weighted by Crippen LogP contribution is 2.27. The molecule has 18 heavy (non-hydrogen) atoms. The van der Waals surface area contributed by atoms with Crippen LogP contribution >= 0.6 is 0 Å². The van der Waals surface area contributed by atoms with Crippen LogP contribution in [0.4, 0.5) is 0 Å². The number of nitrogens with zero attached hydrogens (tertiary/aromatic N) is 1. The summed E-state index contributed by atoms with van der Waals surface area (Å²) in [5.74, 6) is 0.920. The van der Waals surface area contributed by atoms with Crippen LogP contribution in [0.15, 0.2) is 0 Å². The lowest BCUT2D eigenvalue weighted by Gasteiger charge is -2.42. The summed E-state index contributed by atoms with van der Waals surface area (Å²) in [5, 5.41) is 3.68. The SMILES string of the molecule is CCNC(CN1CC(CC)CCC1C)C(C)(C)C. The van der Waals surface area contributed by atoms with Crippen LogP contribution in [0.2, 0.25) is 0 Å². The number of nitrogens with one attached hydrogen (secondary N) is 1. The highest BCUT2D eigenvalue weighted by Gasteiger charge is 2.30. The van der Waals surface area contributed by atoms with E-state index in [2.05, 4.69) is 51.8 Å². The van der Waals surface area contributed by atoms with Crippen LogP contribution < -0.4 is 5.32 Å². The van der Waals surface area contributed by atoms with Crippen molar-refractivity contribution in [2.75, 3.05) is 19.6 Å². The number of rotatable bonds is 5. The maximum absolute atomic E-state index is 3.68. The quantitative estimate of drug-likeness (QED) is 0.807. The molecule has 0 bridgehead atoms. The first kappa shape index (κ1) is 16.0. The van der Waals surface area contributed by atoms with Crippen molar-refractivity contribution in [3.05, 3.63) is 0 Å². The summed E-state index contributed by atoms with van der Waals surface area (Å²) in [7, 11) is 0. The van der Waals surface area contributed by atoms with E-state index in [1.165, 1.54) is 32.4 Å². The molecule has 0 aromatic rings. The van der Waals surface area contributed by atoms with Gasteiger partial charge in [0.1, 0.15) is 0 Å². The molecule has 0 aromatic heterocycles. The van der Waals surface area contributed by atoms with E-state index in [0.29, 0.717) is 11.5 Å². The van der Waals surface area contributed by atoms with Gasteiger partial charge < -0.3 is 5.32 Å². The third-order valence-corrected chi connectivity index (χ3v) is 4.60. The number of hydrogen-bond donors (Lipinski definition) is 1. The Hall–Kier alpha value is -0.0800. The fourth-order valence-electron chi connectivity index (χ4n) is 2.98. The fourth-order valence-corrected chi connectivity index (χ4v) is 2.98. The first-order valence-electron chi connectivity index (χ1n) is 7.85. The Morgan fingerprint density at radius 1 is 1.22 bits per heavy atom. The fraction of sp³-hybridized carbons (Fsp3) is 1.00. The monoisotopic (exact) mass is 254 g/mol. The zero-order valence-corrected chi connectivity index (χ0v) is 13.4. The normalized spacial score (nSPS) is 28.3. The summed E-state index contributed by atoms with van der Waals surface area (Å²) in [6.45, 7) is 17.6. The molecule has 3 atom stereocenters. The number of likely N-dealkylation sites (N-methyl/N-ethyl adjacent to an activating group) is 1. The van der Waals surface area contributed by atoms with Gasteiger partial charge in [-0.05, 0) is 37.6 Å². The molecule has 108 valence electrons. The van der Waals surface area contributed by atoms with Gasteiger partial charge in [-0.15, -0.1) is 0 Å². The number of hydrogen-bond acceptors (Lipinski definition) is 2. The second kappa shape index (κ2) is 6.91. The highest BCUT2D eigenvalue weighted by atomic mass is 15.2. The maximum Gasteiger partial charge on any atom is 0.0243 e. The Morgan fingerprint density at radius 3 is 2.39 bits per heavy atom. The molecule has 1 saturated heterocycles. The van der Waals surface area contributed by atoms with Crippen LogP contribution in [0.5, 0.6) is 0 Å². The topological polar surface area (TPSA) is 15.3 Å². The number of piperidine rings is 1. The van der Waals surface area contributed by atoms with E-state index < -0.39 is 0 Å². The molecule has 0 saturated carbocycles. The minimum Gasteiger partial charge on any atom is -0.312 e. The van der Waals surface area contributed by atoms with Crippen LogP contribution in [-0.2, 0) is 0 Å². The van der Waals surface area contributed by atoms with Gasteiger partial charge in [0.15, 0.2) is 0 Å². The average molecular weight is 254 g/mol. The molecular weight excluding hydrogens is 220 g/mol. The lowest BCUT2D eigenvalue weighted by Crippen LogP contribution is -2.53. The van der Waals surface area contributed by atoms with Crippen LogP contribution in [0.3, 0.4) is 0 Å². The van der Waals surface area contributed by atoms with E-state index in [4.69, 9.17) is 0 Å². The van der Waals surface area contributed by atoms with Crippen LogP contribution in [-0.4, -0.2) is 36.6 Å². The van der Waals surface area contributed by atoms with Crippen molar-refractivity contribution in [3.8, 4) is 0 Å². The lowest BCUT2D eigenvalue weighted by molar-refractivity contribution is 0.0823. The van der Waals surface area contributed by atoms with Gasteiger partial charge in [0, 0.05) is 25.2 Å². The van der Waals surface area contributed by atoms with Crippen molar-refractivity contribution in [3.63, 3.8) is 0 Å². The van der Waals surface area contributed by atoms with E-state index in [-0.39, 0.29) is 0 Å². The molecule has 0 aromatic carbocycles. The van der Waals surface area contributed by atoms with Crippen molar-refractivity contribution < 1.29 is 0 Å². The predicted octanol–water partition coefficient (Wildman–Crippen LogP) is 3.52. The molecule has 1 aliphatic heterocycles. The van der Waals surface area contributed by atoms with Gasteiger partial charge in [0.2, 0.25) is 0 Å². The first-order chi connectivity index (χ1) is 8.38. The molecule has 0 spiro atoms. The van der Waals surface area contributed by atoms with Gasteiger partial charge in [0.25, 0.3) is 0 Å². The zero-order chi connectivity index (χ0) is 13.8. The summed E-state index contributed by atoms with van der Waals surface area (Å²) in [6, 6.07) is 1.36. The molecule has 1 aliphatic rings. The second-order valence-corrected chi connectivity index (χ2v) is 7.13. The second-order valence-electron chi connectivity index (χ2n) is 7.13. The molecule has 2 nitrogen and oxygen atoms in total. The zero-order valence-electron chi connectivity index (χ0n) is 13.4. The summed E-state index contributed by atoms with van der Waals surface area (Å²) < 4.78 is 0. The third-order valence-electron chi connectivity index (χ3n) is 4.60. The van der Waals surface area contributed by atoms with Gasteiger partial charge in [-0.2, -0.15) is 0 Å². The summed E-state index contributed by atoms with van der Waals surface area (Å²) >= 11 is 0. The Morgan fingerprint density at radius 2 is 1.89 bits per heavy atom. The van der Waals surface area contributed by atoms with Crippen molar-refractivity contribution in [2.45, 2.75) is 72.9 Å². The smallest absolute Gasteiger partial charge is 0.0243 e. The molecule has 1 heterocycles. The first-order valence-corrected chi connectivity index (χ1v) is 7.85. The molecule has 1 fully saturated rings. The molecule has 1 N–H and O–H groups in total. The molecule has 1 rings (SSSR count). The van der Waals surface area contributed by atoms with Gasteiger partial charge in [-0.3, -0.25) is 4.90 Å². The Kier molecular flexibility index (Phi) is 6.13. The molecule has 0 radical (unpaired) electrons. The Balaban J connectivity index is 2.61. The average Bonchev–Trinajstić information content (AvgIpc) is 2.30. The largest absolute Gasteiger partial charge is 0.312 e. The molecule has 2 heteroatoms. The minimum atomic E-state index is 0.342. The van der Waals surface area contributed by atoms with Crippen molar-refractivity contribution in [1.82, 2.24) is 10.2 Å². The van der Waals surface area contributed by atoms with E-state index in [1.54, 1.807) is 0 Å². The minimum absolute atomic E-state index is 0.342. The van der Waals surface area contributed by atoms with Crippen molar-refractivity contribution in [1.29, 1.82) is 0 Å². The third kappa shape index (κ3) is 4.55. The van der Waals surface area contributed by atoms with Gasteiger partial charge in [-0.25, -0.2) is 0 Å². The maximum atomic E-state index is 3.68. The summed E-state index contributed by atoms with van der Waals surface area (Å²) in [6.07, 6.45) is 4.14. The van der Waals surface area contributed by atoms with Gasteiger partial charge in [-0.1, -0.05) is 41.0 Å². The molecular formula is C16H34N2. The van der Waals surface area contributed by atoms with Crippen LogP contribution in [0, 0.1) is 11.3 Å². The Bertz CT molecular complexity index is 232. The van der Waals surface area contributed by atoms with Crippen LogP contribution in [0.1, 0.15) is 60.8 Å². The molecule has 0 aliphatic carbocycles. The lowest BCUT2D eigenvalue weighted by atomic mass is 9.84. The predicted molar refractivity (Wildman–Crippen MR) is 81.0 cm³/mol. The van der Waals surface area contributed by atoms with Gasteiger partial charge in [0.05, 0.1) is 0 Å². The summed E-state index contributed by atoms with van der Waals surface area (Å²) in [4.78, 5) is 2.72. The van der Waals surface area contributed by atoms with Crippen molar-refractivity contribution >= 4 is 0 Å². The highest BCUT2D eigenvalue weighted by molar-refractivity contribution is 4.87. The van der Waals surface area contributed by atoms with E-state index >= 15 is 0 Å². The molecule has 0 amide bonds. The standard InChI is InChI=1S/C16H34N2/c1-7-14-10-9-13(3)18(11-14)12-15(17-8-2)16(4,5)6/h13-15,17H,7-12H2,1-6H3. The Labute approximate surface area is 115 Å². The van der Waals surface area contributed by atoms with E-state index in [1.807, 2.05) is 0 Å². The van der Waals surface area contributed by atoms with E-state index in [0.717, 1.165) is 18.5 Å². The van der Waals surface area contributed by atoms with Crippen molar-refractivity contribution in [2.24, 2.45) is 11.3 Å². The molecule has 3 unspecified atom stereocenters. The number of likely N-dealkylation sites (tertiary alicyclic amines) is 1. The van der Waals surface area contributed by atoms with E-state index in [9.17, 15) is 0 Å².